The maximum atomic E-state index is 5.72. The van der Waals surface area contributed by atoms with E-state index in [4.69, 9.17) is 16.3 Å². The predicted molar refractivity (Wildman–Crippen MR) is 81.0 cm³/mol. The van der Waals surface area contributed by atoms with Crippen molar-refractivity contribution in [2.45, 2.75) is 32.3 Å². The summed E-state index contributed by atoms with van der Waals surface area (Å²) < 4.78 is 5.65. The Morgan fingerprint density at radius 3 is 2.79 bits per heavy atom. The van der Waals surface area contributed by atoms with Crippen molar-refractivity contribution >= 4 is 24.0 Å². The summed E-state index contributed by atoms with van der Waals surface area (Å²) in [6.45, 7) is 3.84. The summed E-state index contributed by atoms with van der Waals surface area (Å²) in [4.78, 5) is 4.03. The fraction of sp³-hybridized carbons (Fsp3) is 0.643. The van der Waals surface area contributed by atoms with Crippen LogP contribution in [0.4, 0.5) is 0 Å². The van der Waals surface area contributed by atoms with Crippen LogP contribution in [-0.2, 0) is 11.3 Å². The van der Waals surface area contributed by atoms with Gasteiger partial charge in [0.05, 0.1) is 6.61 Å². The van der Waals surface area contributed by atoms with Crippen molar-refractivity contribution in [1.82, 2.24) is 10.3 Å². The lowest BCUT2D eigenvalue weighted by Gasteiger charge is -2.22. The lowest BCUT2D eigenvalue weighted by atomic mass is 9.93. The van der Waals surface area contributed by atoms with E-state index in [1.54, 1.807) is 12.3 Å². The molecule has 108 valence electrons. The van der Waals surface area contributed by atoms with Gasteiger partial charge in [0.1, 0.15) is 5.15 Å². The van der Waals surface area contributed by atoms with Gasteiger partial charge in [0, 0.05) is 12.8 Å². The number of aromatic nitrogens is 1. The smallest absolute Gasteiger partial charge is 0.129 e. The van der Waals surface area contributed by atoms with E-state index in [0.717, 1.165) is 24.5 Å². The van der Waals surface area contributed by atoms with E-state index in [0.29, 0.717) is 11.8 Å². The highest BCUT2D eigenvalue weighted by Crippen LogP contribution is 2.17. The van der Waals surface area contributed by atoms with Crippen molar-refractivity contribution < 1.29 is 4.74 Å². The molecule has 2 rings (SSSR count). The largest absolute Gasteiger partial charge is 0.377 e. The Balaban J connectivity index is 0.00000180. The summed E-state index contributed by atoms with van der Waals surface area (Å²) in [6.07, 6.45) is 6.86. The second-order valence-corrected chi connectivity index (χ2v) is 5.26. The summed E-state index contributed by atoms with van der Waals surface area (Å²) >= 11 is 5.72. The first-order chi connectivity index (χ1) is 8.84. The summed E-state index contributed by atoms with van der Waals surface area (Å²) in [5, 5.41) is 3.93. The van der Waals surface area contributed by atoms with Crippen LogP contribution in [0.2, 0.25) is 5.15 Å². The number of piperidine rings is 1. The molecule has 1 aromatic heterocycles. The van der Waals surface area contributed by atoms with Gasteiger partial charge in [-0.1, -0.05) is 17.7 Å². The first-order valence-corrected chi connectivity index (χ1v) is 7.11. The molecule has 0 spiro atoms. The minimum absolute atomic E-state index is 0. The summed E-state index contributed by atoms with van der Waals surface area (Å²) in [7, 11) is 0. The van der Waals surface area contributed by atoms with Gasteiger partial charge in [-0.15, -0.1) is 12.4 Å². The molecule has 0 atom stereocenters. The number of nitrogens with zero attached hydrogens (tertiary/aromatic N) is 1. The quantitative estimate of drug-likeness (QED) is 0.645. The normalized spacial score (nSPS) is 16.1. The van der Waals surface area contributed by atoms with E-state index in [1.165, 1.54) is 32.4 Å². The number of ether oxygens (including phenoxy) is 1. The Labute approximate surface area is 126 Å². The molecule has 1 aromatic rings. The molecule has 1 aliphatic heterocycles. The van der Waals surface area contributed by atoms with Gasteiger partial charge in [0.2, 0.25) is 0 Å². The van der Waals surface area contributed by atoms with Crippen LogP contribution in [0.5, 0.6) is 0 Å². The minimum Gasteiger partial charge on any atom is -0.377 e. The fourth-order valence-electron chi connectivity index (χ4n) is 2.33. The van der Waals surface area contributed by atoms with Crippen LogP contribution >= 0.6 is 24.0 Å². The minimum atomic E-state index is 0. The van der Waals surface area contributed by atoms with Gasteiger partial charge >= 0.3 is 0 Å². The van der Waals surface area contributed by atoms with Gasteiger partial charge in [-0.05, 0) is 56.3 Å². The van der Waals surface area contributed by atoms with E-state index in [-0.39, 0.29) is 12.4 Å². The molecule has 1 saturated heterocycles. The van der Waals surface area contributed by atoms with Crippen LogP contribution < -0.4 is 5.32 Å². The molecular formula is C14H22Cl2N2O. The van der Waals surface area contributed by atoms with Crippen LogP contribution in [0.3, 0.4) is 0 Å². The number of halogens is 2. The molecule has 0 amide bonds. The molecule has 1 aliphatic rings. The number of rotatable bonds is 6. The highest BCUT2D eigenvalue weighted by atomic mass is 35.5. The molecule has 2 heterocycles. The van der Waals surface area contributed by atoms with E-state index < -0.39 is 0 Å². The van der Waals surface area contributed by atoms with Gasteiger partial charge < -0.3 is 10.1 Å². The Bertz CT molecular complexity index is 340. The third-order valence-electron chi connectivity index (χ3n) is 3.42. The third kappa shape index (κ3) is 6.57. The number of nitrogens with one attached hydrogen (secondary N) is 1. The van der Waals surface area contributed by atoms with Gasteiger partial charge in [0.15, 0.2) is 0 Å². The first-order valence-electron chi connectivity index (χ1n) is 6.73. The molecule has 1 fully saturated rings. The Hall–Kier alpha value is -0.350. The number of hydrogen-bond donors (Lipinski definition) is 1. The van der Waals surface area contributed by atoms with Crippen molar-refractivity contribution in [1.29, 1.82) is 0 Å². The molecular weight excluding hydrogens is 283 g/mol. The molecule has 19 heavy (non-hydrogen) atoms. The topological polar surface area (TPSA) is 34.1 Å². The lowest BCUT2D eigenvalue weighted by molar-refractivity contribution is 0.112. The van der Waals surface area contributed by atoms with Gasteiger partial charge in [-0.3, -0.25) is 0 Å². The maximum Gasteiger partial charge on any atom is 0.129 e. The monoisotopic (exact) mass is 304 g/mol. The van der Waals surface area contributed by atoms with Crippen LogP contribution in [0.15, 0.2) is 18.3 Å². The van der Waals surface area contributed by atoms with E-state index in [1.807, 2.05) is 6.07 Å². The first kappa shape index (κ1) is 16.7. The molecule has 3 nitrogen and oxygen atoms in total. The Morgan fingerprint density at radius 1 is 1.32 bits per heavy atom. The van der Waals surface area contributed by atoms with Crippen LogP contribution in [0, 0.1) is 5.92 Å². The van der Waals surface area contributed by atoms with Crippen molar-refractivity contribution in [2.75, 3.05) is 19.7 Å². The zero-order valence-electron chi connectivity index (χ0n) is 11.1. The second kappa shape index (κ2) is 9.54. The Kier molecular flexibility index (Phi) is 8.38. The average Bonchev–Trinajstić information content (AvgIpc) is 2.42. The van der Waals surface area contributed by atoms with E-state index >= 15 is 0 Å². The molecule has 0 unspecified atom stereocenters. The van der Waals surface area contributed by atoms with Crippen molar-refractivity contribution in [2.24, 2.45) is 5.92 Å². The van der Waals surface area contributed by atoms with Gasteiger partial charge in [0.25, 0.3) is 0 Å². The van der Waals surface area contributed by atoms with E-state index in [2.05, 4.69) is 10.3 Å². The average molecular weight is 305 g/mol. The zero-order valence-corrected chi connectivity index (χ0v) is 12.7. The van der Waals surface area contributed by atoms with E-state index in [9.17, 15) is 0 Å². The highest BCUT2D eigenvalue weighted by Gasteiger charge is 2.11. The predicted octanol–water partition coefficient (Wildman–Crippen LogP) is 3.45. The van der Waals surface area contributed by atoms with Crippen LogP contribution in [0.1, 0.15) is 31.2 Å². The van der Waals surface area contributed by atoms with Gasteiger partial charge in [-0.2, -0.15) is 0 Å². The van der Waals surface area contributed by atoms with Crippen molar-refractivity contribution in [3.05, 3.63) is 29.0 Å². The fourth-order valence-corrected chi connectivity index (χ4v) is 2.44. The van der Waals surface area contributed by atoms with Crippen molar-refractivity contribution in [3.8, 4) is 0 Å². The molecule has 1 N–H and O–H groups in total. The second-order valence-electron chi connectivity index (χ2n) is 4.88. The third-order valence-corrected chi connectivity index (χ3v) is 3.64. The lowest BCUT2D eigenvalue weighted by Crippen LogP contribution is -2.27. The van der Waals surface area contributed by atoms with Crippen LogP contribution in [0.25, 0.3) is 0 Å². The Morgan fingerprint density at radius 2 is 2.11 bits per heavy atom. The molecule has 0 aromatic carbocycles. The number of pyridine rings is 1. The summed E-state index contributed by atoms with van der Waals surface area (Å²) in [5.41, 5.74) is 1.08. The molecule has 5 heteroatoms. The molecule has 0 radical (unpaired) electrons. The van der Waals surface area contributed by atoms with Gasteiger partial charge in [-0.25, -0.2) is 4.98 Å². The molecule has 0 bridgehead atoms. The molecule has 0 saturated carbocycles. The maximum absolute atomic E-state index is 5.72. The SMILES string of the molecule is Cl.Clc1ccc(COCCCC2CCNCC2)cn1. The standard InChI is InChI=1S/C14H21ClN2O.ClH/c15-14-4-3-13(10-17-14)11-18-9-1-2-12-5-7-16-8-6-12;/h3-4,10,12,16H,1-2,5-9,11H2;1H. The summed E-state index contributed by atoms with van der Waals surface area (Å²) in [5.74, 6) is 0.895. The number of hydrogen-bond acceptors (Lipinski definition) is 3. The van der Waals surface area contributed by atoms with Crippen LogP contribution in [-0.4, -0.2) is 24.7 Å². The molecule has 0 aliphatic carbocycles. The highest BCUT2D eigenvalue weighted by molar-refractivity contribution is 6.29. The zero-order chi connectivity index (χ0) is 12.6. The van der Waals surface area contributed by atoms with Crippen molar-refractivity contribution in [3.63, 3.8) is 0 Å². The summed E-state index contributed by atoms with van der Waals surface area (Å²) in [6, 6.07) is 3.76.